The van der Waals surface area contributed by atoms with Gasteiger partial charge in [-0.05, 0) is 24.3 Å². The number of carbonyl (C=O) groups is 1. The number of amides is 1. The van der Waals surface area contributed by atoms with Crippen molar-refractivity contribution in [1.82, 2.24) is 5.43 Å². The highest BCUT2D eigenvalue weighted by molar-refractivity contribution is 7.99. The van der Waals surface area contributed by atoms with Crippen molar-refractivity contribution in [2.45, 2.75) is 11.3 Å². The molecule has 2 aromatic carbocycles. The van der Waals surface area contributed by atoms with Crippen molar-refractivity contribution in [3.8, 4) is 17.2 Å². The molecule has 0 aliphatic rings. The van der Waals surface area contributed by atoms with Crippen molar-refractivity contribution in [2.75, 3.05) is 27.1 Å². The van der Waals surface area contributed by atoms with Gasteiger partial charge < -0.3 is 14.2 Å². The molecule has 0 heterocycles. The first-order valence-electron chi connectivity index (χ1n) is 7.97. The summed E-state index contributed by atoms with van der Waals surface area (Å²) in [5.74, 6) is 2.11. The third-order valence-electron chi connectivity index (χ3n) is 3.43. The number of hydrogen-bond donors (Lipinski definition) is 1. The van der Waals surface area contributed by atoms with Crippen LogP contribution >= 0.6 is 11.8 Å². The number of carbonyl (C=O) groups excluding carboxylic acids is 1. The summed E-state index contributed by atoms with van der Waals surface area (Å²) in [7, 11) is 4.64. The van der Waals surface area contributed by atoms with Crippen LogP contribution in [0.4, 0.5) is 0 Å². The minimum atomic E-state index is -0.142. The van der Waals surface area contributed by atoms with E-state index in [1.54, 1.807) is 45.2 Å². The third-order valence-corrected chi connectivity index (χ3v) is 4.44. The van der Waals surface area contributed by atoms with Crippen LogP contribution in [0.25, 0.3) is 0 Å². The predicted molar refractivity (Wildman–Crippen MR) is 104 cm³/mol. The van der Waals surface area contributed by atoms with Gasteiger partial charge in [0.15, 0.2) is 11.5 Å². The number of nitrogens with zero attached hydrogens (tertiary/aromatic N) is 1. The summed E-state index contributed by atoms with van der Waals surface area (Å²) < 4.78 is 15.8. The van der Waals surface area contributed by atoms with Crippen LogP contribution < -0.4 is 19.6 Å². The summed E-state index contributed by atoms with van der Waals surface area (Å²) in [6, 6.07) is 13.5. The van der Waals surface area contributed by atoms with Crippen LogP contribution in [-0.2, 0) is 4.79 Å². The molecule has 0 saturated heterocycles. The van der Waals surface area contributed by atoms with Gasteiger partial charge in [0.25, 0.3) is 0 Å². The summed E-state index contributed by atoms with van der Waals surface area (Å²) in [4.78, 5) is 13.0. The normalized spacial score (nSPS) is 10.6. The Morgan fingerprint density at radius 1 is 1.08 bits per heavy atom. The van der Waals surface area contributed by atoms with E-state index in [0.717, 1.165) is 10.5 Å². The van der Waals surface area contributed by atoms with Crippen LogP contribution in [0.1, 0.15) is 12.0 Å². The average Bonchev–Trinajstić information content (AvgIpc) is 2.68. The van der Waals surface area contributed by atoms with Crippen LogP contribution in [0, 0.1) is 0 Å². The van der Waals surface area contributed by atoms with E-state index in [9.17, 15) is 4.79 Å². The van der Waals surface area contributed by atoms with Gasteiger partial charge in [-0.15, -0.1) is 11.8 Å². The second-order valence-corrected chi connectivity index (χ2v) is 6.33. The van der Waals surface area contributed by atoms with E-state index in [1.165, 1.54) is 6.21 Å². The molecule has 1 amide bonds. The van der Waals surface area contributed by atoms with E-state index >= 15 is 0 Å². The van der Waals surface area contributed by atoms with Gasteiger partial charge in [-0.2, -0.15) is 5.10 Å². The number of ether oxygens (including phenoxy) is 3. The third kappa shape index (κ3) is 5.70. The lowest BCUT2D eigenvalue weighted by atomic mass is 10.2. The predicted octanol–water partition coefficient (Wildman–Crippen LogP) is 3.34. The van der Waals surface area contributed by atoms with Gasteiger partial charge in [0.2, 0.25) is 11.7 Å². The van der Waals surface area contributed by atoms with E-state index in [1.807, 2.05) is 30.3 Å². The van der Waals surface area contributed by atoms with Crippen LogP contribution in [0.15, 0.2) is 52.5 Å². The average molecular weight is 374 g/mol. The number of hydrogen-bond acceptors (Lipinski definition) is 6. The molecule has 0 unspecified atom stereocenters. The molecule has 26 heavy (non-hydrogen) atoms. The lowest BCUT2D eigenvalue weighted by Crippen LogP contribution is -2.17. The second-order valence-electron chi connectivity index (χ2n) is 5.16. The standard InChI is InChI=1S/C19H22N2O4S/c1-23-16-11-14(12-17(24-2)19(16)25-3)13-20-21-18(22)9-10-26-15-7-5-4-6-8-15/h4-8,11-13H,9-10H2,1-3H3,(H,21,22)/b20-13-. The van der Waals surface area contributed by atoms with E-state index in [-0.39, 0.29) is 5.91 Å². The van der Waals surface area contributed by atoms with Crippen molar-refractivity contribution in [3.63, 3.8) is 0 Å². The summed E-state index contributed by atoms with van der Waals surface area (Å²) in [5.41, 5.74) is 3.25. The molecule has 0 aromatic heterocycles. The lowest BCUT2D eigenvalue weighted by molar-refractivity contribution is -0.120. The van der Waals surface area contributed by atoms with Gasteiger partial charge in [-0.3, -0.25) is 4.79 Å². The Bertz CT molecular complexity index is 725. The largest absolute Gasteiger partial charge is 0.493 e. The second kappa shape index (κ2) is 10.4. The molecule has 2 aromatic rings. The highest BCUT2D eigenvalue weighted by atomic mass is 32.2. The Kier molecular flexibility index (Phi) is 7.82. The molecule has 7 heteroatoms. The molecule has 0 aliphatic heterocycles. The zero-order valence-electron chi connectivity index (χ0n) is 15.0. The Labute approximate surface area is 157 Å². The fourth-order valence-corrected chi connectivity index (χ4v) is 3.06. The van der Waals surface area contributed by atoms with Crippen molar-refractivity contribution in [1.29, 1.82) is 0 Å². The maximum Gasteiger partial charge on any atom is 0.240 e. The van der Waals surface area contributed by atoms with Gasteiger partial charge >= 0.3 is 0 Å². The van der Waals surface area contributed by atoms with Crippen LogP contribution in [0.3, 0.4) is 0 Å². The Morgan fingerprint density at radius 3 is 2.31 bits per heavy atom. The Morgan fingerprint density at radius 2 is 1.73 bits per heavy atom. The molecule has 138 valence electrons. The molecule has 1 N–H and O–H groups in total. The maximum atomic E-state index is 11.9. The smallest absolute Gasteiger partial charge is 0.240 e. The SMILES string of the molecule is COc1cc(/C=N\NC(=O)CCSc2ccccc2)cc(OC)c1OC. The summed E-state index contributed by atoms with van der Waals surface area (Å²) in [5, 5.41) is 3.99. The van der Waals surface area contributed by atoms with Crippen molar-refractivity contribution >= 4 is 23.9 Å². The van der Waals surface area contributed by atoms with Crippen LogP contribution in [0.5, 0.6) is 17.2 Å². The molecule has 0 atom stereocenters. The van der Waals surface area contributed by atoms with Gasteiger partial charge in [0, 0.05) is 22.6 Å². The minimum Gasteiger partial charge on any atom is -0.493 e. The molecule has 0 spiro atoms. The monoisotopic (exact) mass is 374 g/mol. The zero-order valence-corrected chi connectivity index (χ0v) is 15.8. The molecular formula is C19H22N2O4S. The van der Waals surface area contributed by atoms with Crippen molar-refractivity contribution < 1.29 is 19.0 Å². The quantitative estimate of drug-likeness (QED) is 0.414. The number of nitrogens with one attached hydrogen (secondary N) is 1. The van der Waals surface area contributed by atoms with Gasteiger partial charge in [0.05, 0.1) is 27.5 Å². The molecule has 6 nitrogen and oxygen atoms in total. The zero-order chi connectivity index (χ0) is 18.8. The fraction of sp³-hybridized carbons (Fsp3) is 0.263. The van der Waals surface area contributed by atoms with E-state index in [0.29, 0.717) is 29.4 Å². The van der Waals surface area contributed by atoms with Gasteiger partial charge in [0.1, 0.15) is 0 Å². The van der Waals surface area contributed by atoms with E-state index in [4.69, 9.17) is 14.2 Å². The highest BCUT2D eigenvalue weighted by Gasteiger charge is 2.12. The summed E-state index contributed by atoms with van der Waals surface area (Å²) in [6.45, 7) is 0. The topological polar surface area (TPSA) is 69.2 Å². The number of thioether (sulfide) groups is 1. The van der Waals surface area contributed by atoms with Crippen LogP contribution in [0.2, 0.25) is 0 Å². The number of benzene rings is 2. The summed E-state index contributed by atoms with van der Waals surface area (Å²) in [6.07, 6.45) is 1.92. The molecular weight excluding hydrogens is 352 g/mol. The molecule has 0 fully saturated rings. The molecule has 0 bridgehead atoms. The first-order chi connectivity index (χ1) is 12.7. The Hall–Kier alpha value is -2.67. The maximum absolute atomic E-state index is 11.9. The number of methoxy groups -OCH3 is 3. The first-order valence-corrected chi connectivity index (χ1v) is 8.96. The first kappa shape index (κ1) is 19.7. The van der Waals surface area contributed by atoms with E-state index < -0.39 is 0 Å². The molecule has 0 aliphatic carbocycles. The summed E-state index contributed by atoms with van der Waals surface area (Å²) >= 11 is 1.63. The van der Waals surface area contributed by atoms with E-state index in [2.05, 4.69) is 10.5 Å². The molecule has 0 radical (unpaired) electrons. The van der Waals surface area contributed by atoms with Crippen LogP contribution in [-0.4, -0.2) is 39.2 Å². The van der Waals surface area contributed by atoms with Crippen molar-refractivity contribution in [3.05, 3.63) is 48.0 Å². The number of hydrazone groups is 1. The molecule has 0 saturated carbocycles. The highest BCUT2D eigenvalue weighted by Crippen LogP contribution is 2.37. The molecule has 2 rings (SSSR count). The van der Waals surface area contributed by atoms with Gasteiger partial charge in [-0.25, -0.2) is 5.43 Å². The van der Waals surface area contributed by atoms with Gasteiger partial charge in [-0.1, -0.05) is 18.2 Å². The fourth-order valence-electron chi connectivity index (χ4n) is 2.19. The van der Waals surface area contributed by atoms with Crippen molar-refractivity contribution in [2.24, 2.45) is 5.10 Å². The lowest BCUT2D eigenvalue weighted by Gasteiger charge is -2.12. The minimum absolute atomic E-state index is 0.142. The Balaban J connectivity index is 1.88. The number of rotatable bonds is 9.